The summed E-state index contributed by atoms with van der Waals surface area (Å²) in [4.78, 5) is 30.6. The molecule has 1 N–H and O–H groups in total. The Bertz CT molecular complexity index is 1200. The highest BCUT2D eigenvalue weighted by atomic mass is 16.5. The van der Waals surface area contributed by atoms with Crippen molar-refractivity contribution in [1.82, 2.24) is 9.80 Å². The average molecular weight is 535 g/mol. The molecule has 2 heterocycles. The van der Waals surface area contributed by atoms with E-state index in [4.69, 9.17) is 14.2 Å². The lowest BCUT2D eigenvalue weighted by atomic mass is 9.93. The minimum Gasteiger partial charge on any atom is -0.507 e. The summed E-state index contributed by atoms with van der Waals surface area (Å²) < 4.78 is 16.8. The van der Waals surface area contributed by atoms with Crippen molar-refractivity contribution >= 4 is 17.4 Å². The summed E-state index contributed by atoms with van der Waals surface area (Å²) in [6.07, 6.45) is 3.25. The summed E-state index contributed by atoms with van der Waals surface area (Å²) in [6.45, 7) is 12.8. The maximum Gasteiger partial charge on any atom is 0.295 e. The number of carbonyl (C=O) groups excluding carboxylic acids is 2. The Hall–Kier alpha value is -3.62. The molecule has 0 aromatic heterocycles. The third kappa shape index (κ3) is 6.69. The Balaban J connectivity index is 1.67. The zero-order valence-electron chi connectivity index (χ0n) is 22.9. The molecular weight excluding hydrogens is 496 g/mol. The number of benzene rings is 2. The van der Waals surface area contributed by atoms with Gasteiger partial charge in [0.05, 0.1) is 31.4 Å². The van der Waals surface area contributed by atoms with Gasteiger partial charge in [-0.3, -0.25) is 14.5 Å². The van der Waals surface area contributed by atoms with Crippen LogP contribution in [0.3, 0.4) is 0 Å². The smallest absolute Gasteiger partial charge is 0.295 e. The maximum absolute atomic E-state index is 13.4. The van der Waals surface area contributed by atoms with E-state index >= 15 is 0 Å². The first-order valence-corrected chi connectivity index (χ1v) is 13.6. The van der Waals surface area contributed by atoms with Crippen molar-refractivity contribution in [3.63, 3.8) is 0 Å². The van der Waals surface area contributed by atoms with Gasteiger partial charge < -0.3 is 24.2 Å². The lowest BCUT2D eigenvalue weighted by Crippen LogP contribution is -2.38. The lowest BCUT2D eigenvalue weighted by molar-refractivity contribution is -0.140. The van der Waals surface area contributed by atoms with E-state index in [1.807, 2.05) is 38.1 Å². The molecule has 2 fully saturated rings. The van der Waals surface area contributed by atoms with Crippen molar-refractivity contribution in [1.29, 1.82) is 0 Å². The maximum atomic E-state index is 13.4. The largest absolute Gasteiger partial charge is 0.507 e. The average Bonchev–Trinajstić information content (AvgIpc) is 3.20. The summed E-state index contributed by atoms with van der Waals surface area (Å²) in [6, 6.07) is 12.0. The molecule has 4 rings (SSSR count). The molecule has 0 bridgehead atoms. The third-order valence-corrected chi connectivity index (χ3v) is 7.01. The first-order chi connectivity index (χ1) is 18.9. The molecule has 8 heteroatoms. The van der Waals surface area contributed by atoms with Gasteiger partial charge in [0.25, 0.3) is 11.7 Å². The second-order valence-corrected chi connectivity index (χ2v) is 9.79. The Morgan fingerprint density at radius 3 is 2.46 bits per heavy atom. The monoisotopic (exact) mass is 534 g/mol. The minimum atomic E-state index is -0.703. The number of carbonyl (C=O) groups is 2. The predicted molar refractivity (Wildman–Crippen MR) is 150 cm³/mol. The predicted octanol–water partition coefficient (Wildman–Crippen LogP) is 4.49. The molecule has 0 aliphatic carbocycles. The first kappa shape index (κ1) is 28.4. The minimum absolute atomic E-state index is 0.0939. The van der Waals surface area contributed by atoms with Crippen LogP contribution in [0.4, 0.5) is 0 Å². The number of Topliss-reactive ketones (excluding diaryl/α,β-unsaturated/α-hetero) is 1. The Morgan fingerprint density at radius 2 is 1.79 bits per heavy atom. The normalized spacial score (nSPS) is 19.3. The van der Waals surface area contributed by atoms with Gasteiger partial charge in [-0.05, 0) is 61.2 Å². The van der Waals surface area contributed by atoms with Crippen molar-refractivity contribution in [2.24, 2.45) is 0 Å². The molecule has 1 atom stereocenters. The van der Waals surface area contributed by atoms with E-state index in [1.54, 1.807) is 29.2 Å². The zero-order valence-corrected chi connectivity index (χ0v) is 22.9. The number of hydrogen-bond donors (Lipinski definition) is 1. The number of likely N-dealkylation sites (tertiary alicyclic amines) is 1. The number of rotatable bonds is 12. The van der Waals surface area contributed by atoms with Crippen LogP contribution in [0, 0.1) is 6.92 Å². The van der Waals surface area contributed by atoms with Crippen LogP contribution < -0.4 is 9.47 Å². The van der Waals surface area contributed by atoms with Crippen molar-refractivity contribution in [3.8, 4) is 11.5 Å². The molecule has 208 valence electrons. The van der Waals surface area contributed by atoms with Gasteiger partial charge in [0, 0.05) is 31.7 Å². The highest BCUT2D eigenvalue weighted by Gasteiger charge is 2.46. The second-order valence-electron chi connectivity index (χ2n) is 9.79. The van der Waals surface area contributed by atoms with Gasteiger partial charge in [-0.1, -0.05) is 31.7 Å². The van der Waals surface area contributed by atoms with Gasteiger partial charge in [-0.15, -0.1) is 0 Å². The Morgan fingerprint density at radius 1 is 1.08 bits per heavy atom. The fourth-order valence-electron chi connectivity index (χ4n) is 5.00. The number of aliphatic hydroxyl groups excluding tert-OH is 1. The van der Waals surface area contributed by atoms with Crippen LogP contribution in [0.15, 0.2) is 60.7 Å². The van der Waals surface area contributed by atoms with E-state index < -0.39 is 17.7 Å². The van der Waals surface area contributed by atoms with E-state index in [1.165, 1.54) is 0 Å². The molecule has 2 aliphatic heterocycles. The SMILES string of the molecule is C=CCOc1ccc(/C(O)=C2\C(=O)C(=O)N(CCCN3CCOCC3)C2c2ccc(OCCC)cc2)c(C)c1. The fourth-order valence-corrected chi connectivity index (χ4v) is 5.00. The fraction of sp³-hybridized carbons (Fsp3) is 0.419. The molecule has 1 amide bonds. The molecule has 0 saturated carbocycles. The van der Waals surface area contributed by atoms with E-state index in [0.717, 1.165) is 42.9 Å². The number of amides is 1. The summed E-state index contributed by atoms with van der Waals surface area (Å²) in [5, 5.41) is 11.5. The summed E-state index contributed by atoms with van der Waals surface area (Å²) in [5.41, 5.74) is 2.06. The highest BCUT2D eigenvalue weighted by Crippen LogP contribution is 2.40. The molecule has 2 aromatic rings. The van der Waals surface area contributed by atoms with Gasteiger partial charge in [0.1, 0.15) is 23.9 Å². The van der Waals surface area contributed by atoms with Crippen molar-refractivity contribution < 1.29 is 28.9 Å². The quantitative estimate of drug-likeness (QED) is 0.186. The van der Waals surface area contributed by atoms with Crippen molar-refractivity contribution in [2.75, 3.05) is 52.6 Å². The number of aliphatic hydroxyl groups is 1. The molecule has 1 unspecified atom stereocenters. The van der Waals surface area contributed by atoms with Gasteiger partial charge in [0.2, 0.25) is 0 Å². The zero-order chi connectivity index (χ0) is 27.8. The number of nitrogens with zero attached hydrogens (tertiary/aromatic N) is 2. The summed E-state index contributed by atoms with van der Waals surface area (Å²) in [7, 11) is 0. The second kappa shape index (κ2) is 13.4. The Labute approximate surface area is 230 Å². The van der Waals surface area contributed by atoms with E-state index in [2.05, 4.69) is 11.5 Å². The number of aryl methyl sites for hydroxylation is 1. The lowest BCUT2D eigenvalue weighted by Gasteiger charge is -2.29. The van der Waals surface area contributed by atoms with Crippen LogP contribution in [-0.2, 0) is 14.3 Å². The molecule has 2 aromatic carbocycles. The van der Waals surface area contributed by atoms with Crippen LogP contribution in [0.5, 0.6) is 11.5 Å². The van der Waals surface area contributed by atoms with Gasteiger partial charge in [-0.2, -0.15) is 0 Å². The molecule has 2 aliphatic rings. The van der Waals surface area contributed by atoms with Crippen molar-refractivity contribution in [2.45, 2.75) is 32.7 Å². The van der Waals surface area contributed by atoms with Crippen LogP contribution in [0.25, 0.3) is 5.76 Å². The molecule has 39 heavy (non-hydrogen) atoms. The van der Waals surface area contributed by atoms with E-state index in [-0.39, 0.29) is 11.3 Å². The molecule has 0 radical (unpaired) electrons. The first-order valence-electron chi connectivity index (χ1n) is 13.6. The standard InChI is InChI=1S/C31H38N2O6/c1-4-17-38-24-9-7-23(8-10-24)28-27(29(34)26-12-11-25(21-22(26)3)39-18-5-2)30(35)31(36)33(28)14-6-13-32-15-19-37-20-16-32/h5,7-12,21,28,34H,2,4,6,13-20H2,1,3H3/b29-27+. The molecular formula is C31H38N2O6. The van der Waals surface area contributed by atoms with Crippen LogP contribution in [0.1, 0.15) is 42.5 Å². The number of hydrogen-bond acceptors (Lipinski definition) is 7. The number of ether oxygens (including phenoxy) is 3. The van der Waals surface area contributed by atoms with Crippen LogP contribution in [0.2, 0.25) is 0 Å². The van der Waals surface area contributed by atoms with Gasteiger partial charge >= 0.3 is 0 Å². The Kier molecular flexibility index (Phi) is 9.79. The van der Waals surface area contributed by atoms with Gasteiger partial charge in [0.15, 0.2) is 0 Å². The summed E-state index contributed by atoms with van der Waals surface area (Å²) >= 11 is 0. The molecule has 0 spiro atoms. The van der Waals surface area contributed by atoms with Gasteiger partial charge in [-0.25, -0.2) is 0 Å². The summed E-state index contributed by atoms with van der Waals surface area (Å²) in [5.74, 6) is -0.115. The van der Waals surface area contributed by atoms with E-state index in [0.29, 0.717) is 50.7 Å². The number of morpholine rings is 1. The highest BCUT2D eigenvalue weighted by molar-refractivity contribution is 6.46. The molecule has 8 nitrogen and oxygen atoms in total. The van der Waals surface area contributed by atoms with Crippen LogP contribution in [-0.4, -0.2) is 79.2 Å². The van der Waals surface area contributed by atoms with Crippen molar-refractivity contribution in [3.05, 3.63) is 77.4 Å². The third-order valence-electron chi connectivity index (χ3n) is 7.01. The van der Waals surface area contributed by atoms with Crippen LogP contribution >= 0.6 is 0 Å². The number of ketones is 1. The molecule has 2 saturated heterocycles. The van der Waals surface area contributed by atoms with E-state index in [9.17, 15) is 14.7 Å². The topological polar surface area (TPSA) is 88.5 Å².